The Bertz CT molecular complexity index is 254. The molecule has 1 aliphatic rings. The maximum Gasteiger partial charge on any atom is 0.391 e. The molecule has 2 heteroatoms. The van der Waals surface area contributed by atoms with Crippen LogP contribution in [-0.4, -0.2) is 23.2 Å². The molecule has 0 saturated heterocycles. The summed E-state index contributed by atoms with van der Waals surface area (Å²) in [5.41, 5.74) is -0.301. The quantitative estimate of drug-likeness (QED) is 0.481. The molecule has 0 aliphatic heterocycles. The highest BCUT2D eigenvalue weighted by molar-refractivity contribution is 5.74. The number of carbonyl (C=O) groups excluding carboxylic acids is 1. The van der Waals surface area contributed by atoms with Gasteiger partial charge in [-0.3, -0.25) is 0 Å². The largest absolute Gasteiger partial charge is 0.391 e. The maximum atomic E-state index is 12.0. The van der Waals surface area contributed by atoms with E-state index in [2.05, 4.69) is 13.6 Å². The van der Waals surface area contributed by atoms with Crippen LogP contribution in [0.2, 0.25) is 0 Å². The minimum Gasteiger partial charge on any atom is -0.219 e. The smallest absolute Gasteiger partial charge is 0.219 e. The van der Waals surface area contributed by atoms with E-state index >= 15 is 0 Å². The van der Waals surface area contributed by atoms with Crippen LogP contribution < -0.4 is 0 Å². The molecule has 0 unspecified atom stereocenters. The number of rotatable bonds is 1. The second-order valence-corrected chi connectivity index (χ2v) is 5.94. The second kappa shape index (κ2) is 4.46. The molecule has 0 aromatic rings. The van der Waals surface area contributed by atoms with Gasteiger partial charge in [0.1, 0.15) is 6.72 Å². The SMILES string of the molecule is C=[N+](C(=O)C(C)(C)C)[C@H]1CC[C@@H](C)CC1. The number of carbonyl (C=O) groups is 1. The molecule has 1 aliphatic carbocycles. The summed E-state index contributed by atoms with van der Waals surface area (Å²) in [5, 5.41) is 0. The lowest BCUT2D eigenvalue weighted by Crippen LogP contribution is -2.39. The van der Waals surface area contributed by atoms with Crippen molar-refractivity contribution in [3.8, 4) is 0 Å². The van der Waals surface area contributed by atoms with Crippen molar-refractivity contribution in [3.63, 3.8) is 0 Å². The van der Waals surface area contributed by atoms with Crippen molar-refractivity contribution in [3.05, 3.63) is 0 Å². The Morgan fingerprint density at radius 2 is 1.67 bits per heavy atom. The lowest BCUT2D eigenvalue weighted by molar-refractivity contribution is -0.492. The van der Waals surface area contributed by atoms with E-state index in [-0.39, 0.29) is 11.3 Å². The highest BCUT2D eigenvalue weighted by atomic mass is 16.2. The zero-order valence-corrected chi connectivity index (χ0v) is 10.5. The Balaban J connectivity index is 2.58. The molecule has 15 heavy (non-hydrogen) atoms. The number of amides is 1. The Morgan fingerprint density at radius 3 is 2.07 bits per heavy atom. The van der Waals surface area contributed by atoms with Crippen LogP contribution in [-0.2, 0) is 4.79 Å². The van der Waals surface area contributed by atoms with Gasteiger partial charge >= 0.3 is 5.91 Å². The molecule has 86 valence electrons. The summed E-state index contributed by atoms with van der Waals surface area (Å²) < 4.78 is 1.73. The summed E-state index contributed by atoms with van der Waals surface area (Å²) in [6.07, 6.45) is 4.70. The molecule has 0 aromatic carbocycles. The predicted octanol–water partition coefficient (Wildman–Crippen LogP) is 2.85. The summed E-state index contributed by atoms with van der Waals surface area (Å²) in [6, 6.07) is 0.368. The number of hydrogen-bond acceptors (Lipinski definition) is 1. The first-order chi connectivity index (χ1) is 6.82. The molecule has 2 nitrogen and oxygen atoms in total. The first-order valence-electron chi connectivity index (χ1n) is 5.96. The number of nitrogens with zero attached hydrogens (tertiary/aromatic N) is 1. The predicted molar refractivity (Wildman–Crippen MR) is 63.3 cm³/mol. The van der Waals surface area contributed by atoms with Gasteiger partial charge in [0.15, 0.2) is 6.04 Å². The van der Waals surface area contributed by atoms with E-state index < -0.39 is 0 Å². The van der Waals surface area contributed by atoms with Crippen LogP contribution in [0, 0.1) is 11.3 Å². The van der Waals surface area contributed by atoms with Gasteiger partial charge in [-0.15, -0.1) is 0 Å². The maximum absolute atomic E-state index is 12.0. The topological polar surface area (TPSA) is 20.1 Å². The molecular weight excluding hydrogens is 186 g/mol. The van der Waals surface area contributed by atoms with Crippen LogP contribution in [0.15, 0.2) is 0 Å². The third-order valence-corrected chi connectivity index (χ3v) is 3.33. The van der Waals surface area contributed by atoms with Gasteiger partial charge in [-0.25, -0.2) is 4.79 Å². The first kappa shape index (κ1) is 12.4. The van der Waals surface area contributed by atoms with Gasteiger partial charge in [-0.1, -0.05) is 6.92 Å². The Hall–Kier alpha value is -0.660. The van der Waals surface area contributed by atoms with Crippen LogP contribution in [0.5, 0.6) is 0 Å². The van der Waals surface area contributed by atoms with Crippen molar-refractivity contribution >= 4 is 12.6 Å². The van der Waals surface area contributed by atoms with Gasteiger partial charge in [0, 0.05) is 12.8 Å². The van der Waals surface area contributed by atoms with E-state index in [4.69, 9.17) is 0 Å². The molecule has 0 radical (unpaired) electrons. The normalized spacial score (nSPS) is 27.5. The fourth-order valence-corrected chi connectivity index (χ4v) is 2.15. The van der Waals surface area contributed by atoms with E-state index in [1.54, 1.807) is 4.58 Å². The van der Waals surface area contributed by atoms with Crippen LogP contribution in [0.4, 0.5) is 0 Å². The molecule has 0 heterocycles. The molecule has 0 spiro atoms. The molecule has 1 rings (SSSR count). The molecule has 1 saturated carbocycles. The average Bonchev–Trinajstić information content (AvgIpc) is 2.15. The standard InChI is InChI=1S/C13H24NO/c1-10-6-8-11(9-7-10)14(5)12(15)13(2,3)4/h10-11H,5-9H2,1-4H3/q+1/t10-,11+. The third kappa shape index (κ3) is 3.15. The number of hydrogen-bond donors (Lipinski definition) is 0. The Morgan fingerprint density at radius 1 is 1.20 bits per heavy atom. The van der Waals surface area contributed by atoms with Gasteiger partial charge in [-0.2, -0.15) is 4.58 Å². The fraction of sp³-hybridized carbons (Fsp3) is 0.846. The molecular formula is C13H24NO+. The first-order valence-corrected chi connectivity index (χ1v) is 5.96. The monoisotopic (exact) mass is 210 g/mol. The zero-order chi connectivity index (χ0) is 11.6. The second-order valence-electron chi connectivity index (χ2n) is 5.94. The lowest BCUT2D eigenvalue weighted by atomic mass is 9.86. The average molecular weight is 210 g/mol. The summed E-state index contributed by atoms with van der Waals surface area (Å²) in [6.45, 7) is 12.1. The van der Waals surface area contributed by atoms with Crippen molar-refractivity contribution in [2.75, 3.05) is 0 Å². The fourth-order valence-electron chi connectivity index (χ4n) is 2.15. The van der Waals surface area contributed by atoms with Crippen molar-refractivity contribution in [2.24, 2.45) is 11.3 Å². The molecule has 0 aromatic heterocycles. The highest BCUT2D eigenvalue weighted by Crippen LogP contribution is 2.27. The highest BCUT2D eigenvalue weighted by Gasteiger charge is 2.36. The third-order valence-electron chi connectivity index (χ3n) is 3.33. The van der Waals surface area contributed by atoms with Crippen molar-refractivity contribution in [2.45, 2.75) is 59.4 Å². The minimum atomic E-state index is -0.301. The van der Waals surface area contributed by atoms with E-state index in [0.29, 0.717) is 6.04 Å². The van der Waals surface area contributed by atoms with Gasteiger partial charge < -0.3 is 0 Å². The summed E-state index contributed by atoms with van der Waals surface area (Å²) >= 11 is 0. The van der Waals surface area contributed by atoms with E-state index in [1.807, 2.05) is 20.8 Å². The molecule has 0 bridgehead atoms. The Kier molecular flexibility index (Phi) is 3.69. The summed E-state index contributed by atoms with van der Waals surface area (Å²) in [4.78, 5) is 12.0. The van der Waals surface area contributed by atoms with Gasteiger partial charge in [-0.05, 0) is 39.5 Å². The summed E-state index contributed by atoms with van der Waals surface area (Å²) in [7, 11) is 0. The molecule has 1 fully saturated rings. The van der Waals surface area contributed by atoms with Crippen molar-refractivity contribution < 1.29 is 9.37 Å². The molecule has 0 N–H and O–H groups in total. The summed E-state index contributed by atoms with van der Waals surface area (Å²) in [5.74, 6) is 0.987. The molecule has 1 amide bonds. The van der Waals surface area contributed by atoms with Crippen LogP contribution >= 0.6 is 0 Å². The van der Waals surface area contributed by atoms with Gasteiger partial charge in [0.2, 0.25) is 0 Å². The van der Waals surface area contributed by atoms with Crippen molar-refractivity contribution in [1.82, 2.24) is 0 Å². The van der Waals surface area contributed by atoms with Gasteiger partial charge in [0.05, 0.1) is 5.41 Å². The van der Waals surface area contributed by atoms with Crippen molar-refractivity contribution in [1.29, 1.82) is 0 Å². The zero-order valence-electron chi connectivity index (χ0n) is 10.5. The van der Waals surface area contributed by atoms with Crippen LogP contribution in [0.1, 0.15) is 53.4 Å². The van der Waals surface area contributed by atoms with Crippen LogP contribution in [0.25, 0.3) is 0 Å². The minimum absolute atomic E-state index is 0.169. The van der Waals surface area contributed by atoms with Gasteiger partial charge in [0.25, 0.3) is 0 Å². The van der Waals surface area contributed by atoms with Crippen LogP contribution in [0.3, 0.4) is 0 Å². The Labute approximate surface area is 93.4 Å². The van der Waals surface area contributed by atoms with E-state index in [0.717, 1.165) is 18.8 Å². The van der Waals surface area contributed by atoms with E-state index in [1.165, 1.54) is 12.8 Å². The molecule has 0 atom stereocenters. The lowest BCUT2D eigenvalue weighted by Gasteiger charge is -2.25. The van der Waals surface area contributed by atoms with E-state index in [9.17, 15) is 4.79 Å².